The molecule has 116 valence electrons. The Morgan fingerprint density at radius 1 is 0.842 bits per heavy atom. The number of carbonyl (C=O) groups is 1. The SMILES string of the molecule is CCCOCCOCCOCCC.NC(=O)N(N)N. The molecule has 0 aliphatic carbocycles. The van der Waals surface area contributed by atoms with E-state index in [2.05, 4.69) is 31.3 Å². The van der Waals surface area contributed by atoms with E-state index in [1.54, 1.807) is 0 Å². The van der Waals surface area contributed by atoms with Crippen LogP contribution in [0.1, 0.15) is 26.7 Å². The van der Waals surface area contributed by atoms with E-state index in [1.165, 1.54) is 0 Å². The zero-order valence-corrected chi connectivity index (χ0v) is 12.0. The highest BCUT2D eigenvalue weighted by atomic mass is 16.5. The molecule has 0 unspecified atom stereocenters. The lowest BCUT2D eigenvalue weighted by Gasteiger charge is -2.05. The standard InChI is InChI=1S/C10H22O3.CH6N4O/c1-3-5-11-7-9-13-10-8-12-6-4-2;2-1(6)5(3)4/h3-10H2,1-2H3;3-4H2,(H2,2,6). The monoisotopic (exact) mass is 280 g/mol. The van der Waals surface area contributed by atoms with Crippen molar-refractivity contribution in [2.24, 2.45) is 17.4 Å². The van der Waals surface area contributed by atoms with Crippen LogP contribution in [-0.4, -0.2) is 50.8 Å². The van der Waals surface area contributed by atoms with Gasteiger partial charge in [-0.15, -0.1) is 0 Å². The van der Waals surface area contributed by atoms with Gasteiger partial charge in [0, 0.05) is 13.2 Å². The van der Waals surface area contributed by atoms with Gasteiger partial charge in [0.1, 0.15) is 0 Å². The summed E-state index contributed by atoms with van der Waals surface area (Å²) in [5.74, 6) is 9.14. The zero-order valence-electron chi connectivity index (χ0n) is 12.0. The molecule has 0 saturated heterocycles. The summed E-state index contributed by atoms with van der Waals surface area (Å²) in [5, 5.41) is 0.306. The molecular weight excluding hydrogens is 252 g/mol. The topological polar surface area (TPSA) is 126 Å². The minimum Gasteiger partial charge on any atom is -0.379 e. The summed E-state index contributed by atoms with van der Waals surface area (Å²) in [6.45, 7) is 8.60. The van der Waals surface area contributed by atoms with E-state index < -0.39 is 6.03 Å². The molecule has 0 saturated carbocycles. The number of amides is 2. The van der Waals surface area contributed by atoms with Crippen LogP contribution >= 0.6 is 0 Å². The Hall–Kier alpha value is -0.930. The number of hydrogen-bond acceptors (Lipinski definition) is 6. The second-order valence-corrected chi connectivity index (χ2v) is 3.58. The van der Waals surface area contributed by atoms with Gasteiger partial charge in [-0.2, -0.15) is 5.12 Å². The first-order valence-corrected chi connectivity index (χ1v) is 6.38. The second kappa shape index (κ2) is 17.1. The van der Waals surface area contributed by atoms with Crippen LogP contribution in [-0.2, 0) is 14.2 Å². The average molecular weight is 280 g/mol. The summed E-state index contributed by atoms with van der Waals surface area (Å²) in [4.78, 5) is 9.60. The molecule has 0 aromatic heterocycles. The maximum Gasteiger partial charge on any atom is 0.343 e. The predicted octanol–water partition coefficient (Wildman–Crippen LogP) is -0.0293. The Bertz CT molecular complexity index is 184. The molecule has 0 aliphatic rings. The van der Waals surface area contributed by atoms with Gasteiger partial charge in [-0.25, -0.2) is 16.5 Å². The molecule has 0 atom stereocenters. The maximum absolute atomic E-state index is 9.60. The van der Waals surface area contributed by atoms with Crippen LogP contribution in [0.15, 0.2) is 0 Å². The molecule has 8 nitrogen and oxygen atoms in total. The Morgan fingerprint density at radius 2 is 1.11 bits per heavy atom. The van der Waals surface area contributed by atoms with Gasteiger partial charge in [0.05, 0.1) is 26.4 Å². The van der Waals surface area contributed by atoms with Crippen molar-refractivity contribution in [1.82, 2.24) is 5.12 Å². The number of nitrogens with zero attached hydrogens (tertiary/aromatic N) is 1. The van der Waals surface area contributed by atoms with E-state index >= 15 is 0 Å². The average Bonchev–Trinajstić information content (AvgIpc) is 2.37. The molecule has 0 spiro atoms. The molecular formula is C11H28N4O4. The molecule has 0 bridgehead atoms. The fourth-order valence-electron chi connectivity index (χ4n) is 0.831. The lowest BCUT2D eigenvalue weighted by atomic mass is 10.5. The smallest absolute Gasteiger partial charge is 0.343 e. The van der Waals surface area contributed by atoms with E-state index in [4.69, 9.17) is 14.2 Å². The van der Waals surface area contributed by atoms with E-state index in [-0.39, 0.29) is 0 Å². The zero-order chi connectivity index (χ0) is 14.9. The van der Waals surface area contributed by atoms with Gasteiger partial charge >= 0.3 is 6.03 Å². The van der Waals surface area contributed by atoms with Crippen molar-refractivity contribution < 1.29 is 19.0 Å². The number of hydrogen-bond donors (Lipinski definition) is 3. The van der Waals surface area contributed by atoms with Crippen LogP contribution in [0, 0.1) is 0 Å². The molecule has 0 heterocycles. The first-order chi connectivity index (χ1) is 9.06. The molecule has 0 aromatic carbocycles. The minimum atomic E-state index is -0.852. The van der Waals surface area contributed by atoms with Crippen LogP contribution in [0.5, 0.6) is 0 Å². The molecule has 8 heteroatoms. The number of urea groups is 1. The third kappa shape index (κ3) is 22.7. The number of primary amides is 1. The summed E-state index contributed by atoms with van der Waals surface area (Å²) < 4.78 is 15.8. The lowest BCUT2D eigenvalue weighted by Crippen LogP contribution is -2.46. The van der Waals surface area contributed by atoms with Crippen molar-refractivity contribution in [2.75, 3.05) is 39.6 Å². The summed E-state index contributed by atoms with van der Waals surface area (Å²) >= 11 is 0. The highest BCUT2D eigenvalue weighted by molar-refractivity contribution is 5.70. The molecule has 6 N–H and O–H groups in total. The molecule has 0 fully saturated rings. The normalized spacial score (nSPS) is 9.68. The first-order valence-electron chi connectivity index (χ1n) is 6.38. The van der Waals surface area contributed by atoms with Gasteiger partial charge < -0.3 is 19.9 Å². The highest BCUT2D eigenvalue weighted by Crippen LogP contribution is 1.84. The van der Waals surface area contributed by atoms with E-state index in [9.17, 15) is 4.79 Å². The Morgan fingerprint density at radius 3 is 1.32 bits per heavy atom. The fraction of sp³-hybridized carbons (Fsp3) is 0.909. The molecule has 0 aliphatic heterocycles. The largest absolute Gasteiger partial charge is 0.379 e. The van der Waals surface area contributed by atoms with Gasteiger partial charge in [-0.3, -0.25) is 0 Å². The Labute approximate surface area is 115 Å². The number of rotatable bonds is 10. The van der Waals surface area contributed by atoms with Gasteiger partial charge in [0.2, 0.25) is 0 Å². The van der Waals surface area contributed by atoms with Gasteiger partial charge in [-0.05, 0) is 12.8 Å². The third-order valence-electron chi connectivity index (χ3n) is 1.70. The van der Waals surface area contributed by atoms with Crippen molar-refractivity contribution in [3.05, 3.63) is 0 Å². The summed E-state index contributed by atoms with van der Waals surface area (Å²) in [5.41, 5.74) is 4.47. The van der Waals surface area contributed by atoms with Crippen LogP contribution < -0.4 is 17.4 Å². The van der Waals surface area contributed by atoms with Crippen LogP contribution in [0.3, 0.4) is 0 Å². The summed E-state index contributed by atoms with van der Waals surface area (Å²) in [6.07, 6.45) is 2.14. The summed E-state index contributed by atoms with van der Waals surface area (Å²) in [6, 6.07) is -0.852. The van der Waals surface area contributed by atoms with Crippen molar-refractivity contribution in [1.29, 1.82) is 0 Å². The van der Waals surface area contributed by atoms with Crippen molar-refractivity contribution in [2.45, 2.75) is 26.7 Å². The quantitative estimate of drug-likeness (QED) is 0.223. The Balaban J connectivity index is 0. The molecule has 0 rings (SSSR count). The van der Waals surface area contributed by atoms with Crippen LogP contribution in [0.25, 0.3) is 0 Å². The summed E-state index contributed by atoms with van der Waals surface area (Å²) in [7, 11) is 0. The molecule has 0 radical (unpaired) electrons. The van der Waals surface area contributed by atoms with Gasteiger partial charge in [0.25, 0.3) is 0 Å². The maximum atomic E-state index is 9.60. The van der Waals surface area contributed by atoms with Gasteiger partial charge in [0.15, 0.2) is 0 Å². The fourth-order valence-corrected chi connectivity index (χ4v) is 0.831. The van der Waals surface area contributed by atoms with E-state index in [1.807, 2.05) is 0 Å². The predicted molar refractivity (Wildman–Crippen MR) is 72.8 cm³/mol. The van der Waals surface area contributed by atoms with Crippen molar-refractivity contribution >= 4 is 6.03 Å². The van der Waals surface area contributed by atoms with Crippen molar-refractivity contribution in [3.8, 4) is 0 Å². The second-order valence-electron chi connectivity index (χ2n) is 3.58. The molecule has 0 aromatic rings. The molecule has 2 amide bonds. The molecule has 19 heavy (non-hydrogen) atoms. The third-order valence-corrected chi connectivity index (χ3v) is 1.70. The van der Waals surface area contributed by atoms with Crippen LogP contribution in [0.2, 0.25) is 0 Å². The Kier molecular flexibility index (Phi) is 18.3. The number of nitrogens with two attached hydrogens (primary N) is 3. The van der Waals surface area contributed by atoms with Crippen LogP contribution in [0.4, 0.5) is 4.79 Å². The van der Waals surface area contributed by atoms with E-state index in [0.29, 0.717) is 31.5 Å². The van der Waals surface area contributed by atoms with Gasteiger partial charge in [-0.1, -0.05) is 13.8 Å². The number of carbonyl (C=O) groups excluding carboxylic acids is 1. The van der Waals surface area contributed by atoms with E-state index in [0.717, 1.165) is 26.1 Å². The number of hydrazine groups is 2. The lowest BCUT2D eigenvalue weighted by molar-refractivity contribution is 0.0148. The highest BCUT2D eigenvalue weighted by Gasteiger charge is 1.90. The first kappa shape index (κ1) is 20.4. The van der Waals surface area contributed by atoms with Crippen molar-refractivity contribution in [3.63, 3.8) is 0 Å². The minimum absolute atomic E-state index is 0.306. The number of ether oxygens (including phenoxy) is 3.